The molecule has 2 aliphatic rings. The Hall–Kier alpha value is -3.51. The number of carbonyl (C=O) groups excluding carboxylic acids is 2. The second-order valence-corrected chi connectivity index (χ2v) is 7.55. The topological polar surface area (TPSA) is 97.9 Å². The maximum Gasteiger partial charge on any atom is 0.259 e. The Kier molecular flexibility index (Phi) is 5.59. The minimum absolute atomic E-state index is 0.113. The lowest BCUT2D eigenvalue weighted by atomic mass is 10.1. The van der Waals surface area contributed by atoms with E-state index in [-0.39, 0.29) is 36.4 Å². The van der Waals surface area contributed by atoms with Crippen molar-refractivity contribution in [1.82, 2.24) is 10.2 Å². The monoisotopic (exact) mass is 421 g/mol. The molecule has 0 aliphatic carbocycles. The summed E-state index contributed by atoms with van der Waals surface area (Å²) in [6.07, 6.45) is -0.113. The molecule has 0 spiro atoms. The van der Waals surface area contributed by atoms with Gasteiger partial charge in [-0.15, -0.1) is 0 Å². The average molecular weight is 421 g/mol. The summed E-state index contributed by atoms with van der Waals surface area (Å²) in [4.78, 5) is 35.8. The summed E-state index contributed by atoms with van der Waals surface area (Å²) < 4.78 is 13.0. The van der Waals surface area contributed by atoms with Crippen LogP contribution in [0.3, 0.4) is 0 Å². The van der Waals surface area contributed by atoms with E-state index in [1.54, 1.807) is 12.1 Å². The second-order valence-electron chi connectivity index (χ2n) is 6.61. The summed E-state index contributed by atoms with van der Waals surface area (Å²) in [5.41, 5.74) is 2.13. The molecule has 0 radical (unpaired) electrons. The van der Waals surface area contributed by atoms with Crippen molar-refractivity contribution in [3.8, 4) is 6.07 Å². The van der Waals surface area contributed by atoms with Crippen LogP contribution in [-0.2, 0) is 16.1 Å². The van der Waals surface area contributed by atoms with Crippen LogP contribution in [0.15, 0.2) is 58.5 Å². The number of carbonyl (C=O) groups is 2. The van der Waals surface area contributed by atoms with E-state index in [4.69, 9.17) is 5.26 Å². The molecule has 0 saturated heterocycles. The van der Waals surface area contributed by atoms with Gasteiger partial charge in [0.15, 0.2) is 5.17 Å². The lowest BCUT2D eigenvalue weighted by Crippen LogP contribution is -2.42. The molecule has 150 valence electrons. The van der Waals surface area contributed by atoms with Gasteiger partial charge in [0.2, 0.25) is 5.91 Å². The lowest BCUT2D eigenvalue weighted by Gasteiger charge is -2.25. The summed E-state index contributed by atoms with van der Waals surface area (Å²) in [7, 11) is 0. The molecule has 30 heavy (non-hydrogen) atoms. The fourth-order valence-electron chi connectivity index (χ4n) is 3.18. The van der Waals surface area contributed by atoms with Gasteiger partial charge >= 0.3 is 0 Å². The first-order valence-electron chi connectivity index (χ1n) is 9.17. The molecule has 2 heterocycles. The number of para-hydroxylation sites is 1. The summed E-state index contributed by atoms with van der Waals surface area (Å²) in [5, 5.41) is 12.0. The van der Waals surface area contributed by atoms with Crippen molar-refractivity contribution in [2.45, 2.75) is 19.0 Å². The number of amides is 2. The molecule has 2 aromatic rings. The number of nitriles is 1. The van der Waals surface area contributed by atoms with Crippen molar-refractivity contribution in [2.24, 2.45) is 9.98 Å². The number of hydrogen-bond acceptors (Lipinski definition) is 6. The van der Waals surface area contributed by atoms with Crippen LogP contribution in [0.1, 0.15) is 17.5 Å². The number of aliphatic imine (C=N–C) groups is 2. The Morgan fingerprint density at radius 1 is 1.23 bits per heavy atom. The molecule has 2 aromatic carbocycles. The molecule has 7 nitrogen and oxygen atoms in total. The maximum absolute atomic E-state index is 13.0. The second kappa shape index (κ2) is 8.47. The third kappa shape index (κ3) is 3.95. The third-order valence-electron chi connectivity index (χ3n) is 4.60. The summed E-state index contributed by atoms with van der Waals surface area (Å²) in [5.74, 6) is -0.441. The largest absolute Gasteiger partial charge is 0.352 e. The third-order valence-corrected chi connectivity index (χ3v) is 5.40. The average Bonchev–Trinajstić information content (AvgIpc) is 3.08. The van der Waals surface area contributed by atoms with Gasteiger partial charge in [0.1, 0.15) is 17.7 Å². The number of nitrogens with one attached hydrogen (secondary N) is 1. The van der Waals surface area contributed by atoms with Gasteiger partial charge in [0.05, 0.1) is 23.9 Å². The minimum atomic E-state index is -0.868. The molecule has 0 aromatic heterocycles. The van der Waals surface area contributed by atoms with Crippen molar-refractivity contribution in [2.75, 3.05) is 5.75 Å². The van der Waals surface area contributed by atoms with Gasteiger partial charge in [-0.05, 0) is 29.8 Å². The van der Waals surface area contributed by atoms with E-state index in [0.717, 1.165) is 17.3 Å². The maximum atomic E-state index is 13.0. The molecule has 1 atom stereocenters. The van der Waals surface area contributed by atoms with Gasteiger partial charge in [-0.1, -0.05) is 36.0 Å². The van der Waals surface area contributed by atoms with Crippen LogP contribution in [0.25, 0.3) is 0 Å². The zero-order valence-electron chi connectivity index (χ0n) is 15.7. The molecule has 0 fully saturated rings. The molecule has 2 amide bonds. The summed E-state index contributed by atoms with van der Waals surface area (Å²) >= 11 is 1.15. The van der Waals surface area contributed by atoms with Crippen LogP contribution in [0.2, 0.25) is 0 Å². The van der Waals surface area contributed by atoms with Gasteiger partial charge in [-0.3, -0.25) is 14.6 Å². The van der Waals surface area contributed by atoms with Crippen LogP contribution in [0.4, 0.5) is 10.1 Å². The Morgan fingerprint density at radius 3 is 2.77 bits per heavy atom. The summed E-state index contributed by atoms with van der Waals surface area (Å²) in [6, 6.07) is 14.3. The number of amidine groups is 2. The van der Waals surface area contributed by atoms with Gasteiger partial charge in [-0.2, -0.15) is 5.26 Å². The Balaban J connectivity index is 1.50. The molecule has 0 bridgehead atoms. The molecule has 1 unspecified atom stereocenters. The molecule has 1 N–H and O–H groups in total. The van der Waals surface area contributed by atoms with E-state index >= 15 is 0 Å². The molecular weight excluding hydrogens is 405 g/mol. The highest BCUT2D eigenvalue weighted by atomic mass is 32.2. The van der Waals surface area contributed by atoms with Crippen molar-refractivity contribution in [1.29, 1.82) is 5.26 Å². The first kappa shape index (κ1) is 19.8. The summed E-state index contributed by atoms with van der Waals surface area (Å²) in [6.45, 7) is 0.230. The number of hydrogen-bond donors (Lipinski definition) is 1. The predicted molar refractivity (Wildman–Crippen MR) is 112 cm³/mol. The SMILES string of the molecule is N#CCSC1=Nc2ccccc2C2=NC(CC(=O)NCc3ccc(F)cc3)C(=O)N12. The first-order valence-corrected chi connectivity index (χ1v) is 10.2. The minimum Gasteiger partial charge on any atom is -0.352 e. The molecule has 0 saturated carbocycles. The van der Waals surface area contributed by atoms with Crippen molar-refractivity contribution in [3.63, 3.8) is 0 Å². The number of benzene rings is 2. The predicted octanol–water partition coefficient (Wildman–Crippen LogP) is 2.75. The van der Waals surface area contributed by atoms with E-state index in [2.05, 4.69) is 15.3 Å². The highest BCUT2D eigenvalue weighted by Gasteiger charge is 2.41. The molecule has 4 rings (SSSR count). The van der Waals surface area contributed by atoms with Crippen LogP contribution in [-0.4, -0.2) is 39.5 Å². The molecular formula is C21H16FN5O2S. The van der Waals surface area contributed by atoms with Crippen LogP contribution in [0.5, 0.6) is 0 Å². The highest BCUT2D eigenvalue weighted by molar-refractivity contribution is 8.14. The normalized spacial score (nSPS) is 16.9. The van der Waals surface area contributed by atoms with E-state index in [0.29, 0.717) is 22.3 Å². The first-order chi connectivity index (χ1) is 14.6. The van der Waals surface area contributed by atoms with E-state index in [1.165, 1.54) is 17.0 Å². The highest BCUT2D eigenvalue weighted by Crippen LogP contribution is 2.33. The van der Waals surface area contributed by atoms with Crippen LogP contribution < -0.4 is 5.32 Å². The smallest absolute Gasteiger partial charge is 0.259 e. The molecule has 9 heteroatoms. The Morgan fingerprint density at radius 2 is 2.00 bits per heavy atom. The van der Waals surface area contributed by atoms with E-state index < -0.39 is 6.04 Å². The fraction of sp³-hybridized carbons (Fsp3) is 0.190. The zero-order chi connectivity index (χ0) is 21.1. The van der Waals surface area contributed by atoms with Crippen LogP contribution >= 0.6 is 11.8 Å². The lowest BCUT2D eigenvalue weighted by molar-refractivity contribution is -0.128. The number of nitrogens with zero attached hydrogens (tertiary/aromatic N) is 4. The van der Waals surface area contributed by atoms with Crippen molar-refractivity contribution >= 4 is 40.3 Å². The quantitative estimate of drug-likeness (QED) is 0.803. The number of fused-ring (bicyclic) bond motifs is 3. The zero-order valence-corrected chi connectivity index (χ0v) is 16.5. The van der Waals surface area contributed by atoms with Crippen molar-refractivity contribution in [3.05, 3.63) is 65.5 Å². The van der Waals surface area contributed by atoms with Crippen LogP contribution in [0, 0.1) is 17.1 Å². The van der Waals surface area contributed by atoms with Gasteiger partial charge < -0.3 is 5.32 Å². The van der Waals surface area contributed by atoms with E-state index in [1.807, 2.05) is 30.3 Å². The van der Waals surface area contributed by atoms with E-state index in [9.17, 15) is 14.0 Å². The van der Waals surface area contributed by atoms with Crippen molar-refractivity contribution < 1.29 is 14.0 Å². The number of halogens is 1. The molecule has 2 aliphatic heterocycles. The Labute approximate surface area is 176 Å². The standard InChI is InChI=1S/C21H16FN5O2S/c22-14-7-5-13(6-8-14)12-24-18(28)11-17-20(29)27-19(25-17)15-3-1-2-4-16(15)26-21(27)30-10-9-23/h1-8,17H,10-12H2,(H,24,28). The van der Waals surface area contributed by atoms with Gasteiger partial charge in [0.25, 0.3) is 5.91 Å². The van der Waals surface area contributed by atoms with Gasteiger partial charge in [0, 0.05) is 12.1 Å². The number of thioether (sulfide) groups is 1. The van der Waals surface area contributed by atoms with Gasteiger partial charge in [-0.25, -0.2) is 14.3 Å². The Bertz CT molecular complexity index is 1110. The number of rotatable bonds is 5. The fourth-order valence-corrected chi connectivity index (χ4v) is 3.84.